The number of rotatable bonds is 6. The van der Waals surface area contributed by atoms with E-state index in [1.807, 2.05) is 0 Å². The van der Waals surface area contributed by atoms with Gasteiger partial charge in [0.15, 0.2) is 0 Å². The summed E-state index contributed by atoms with van der Waals surface area (Å²) in [6.45, 7) is 8.41. The number of carbonyl (C=O) groups excluding carboxylic acids is 1. The molecule has 6 heteroatoms. The summed E-state index contributed by atoms with van der Waals surface area (Å²) in [6, 6.07) is 0. The van der Waals surface area contributed by atoms with Gasteiger partial charge in [-0.25, -0.2) is 4.79 Å². The lowest BCUT2D eigenvalue weighted by atomic mass is 9.83. The van der Waals surface area contributed by atoms with Crippen molar-refractivity contribution in [3.8, 4) is 0 Å². The summed E-state index contributed by atoms with van der Waals surface area (Å²) in [4.78, 5) is 11.0. The molecule has 0 amide bonds. The smallest absolute Gasteiger partial charge is 0.463 e. The maximum Gasteiger partial charge on any atom is 0.484 e. The predicted octanol–water partition coefficient (Wildman–Crippen LogP) is 0.691. The molecule has 0 aliphatic rings. The van der Waals surface area contributed by atoms with Crippen molar-refractivity contribution in [2.45, 2.75) is 45.8 Å². The number of hydrogen-bond donors (Lipinski definition) is 2. The first kappa shape index (κ1) is 16.2. The molecule has 2 N–H and O–H groups in total. The molecule has 0 rings (SSSR count). The standard InChI is InChI=1S/C11H21BO5/c1-6-16-9(13)7-8-12(15)17-11(4,5)10(2,3)14/h7-8,14-15H,6H2,1-5H3/b8-7+. The Labute approximate surface area is 103 Å². The highest BCUT2D eigenvalue weighted by molar-refractivity contribution is 6.49. The summed E-state index contributed by atoms with van der Waals surface area (Å²) in [5.74, 6) is 0.627. The van der Waals surface area contributed by atoms with Crippen LogP contribution in [0, 0.1) is 0 Å². The van der Waals surface area contributed by atoms with Gasteiger partial charge in [-0.05, 0) is 40.6 Å². The molecule has 0 aliphatic heterocycles. The zero-order valence-corrected chi connectivity index (χ0v) is 11.1. The number of aliphatic hydroxyl groups is 1. The third-order valence-electron chi connectivity index (χ3n) is 2.57. The van der Waals surface area contributed by atoms with Crippen LogP contribution in [0.3, 0.4) is 0 Å². The largest absolute Gasteiger partial charge is 0.484 e. The molecule has 0 aromatic heterocycles. The summed E-state index contributed by atoms with van der Waals surface area (Å²) in [7, 11) is -1.28. The molecule has 17 heavy (non-hydrogen) atoms. The topological polar surface area (TPSA) is 76.0 Å². The maximum atomic E-state index is 11.0. The van der Waals surface area contributed by atoms with E-state index >= 15 is 0 Å². The van der Waals surface area contributed by atoms with Crippen LogP contribution in [0.4, 0.5) is 0 Å². The van der Waals surface area contributed by atoms with Crippen molar-refractivity contribution in [1.29, 1.82) is 0 Å². The van der Waals surface area contributed by atoms with Crippen LogP contribution in [0.5, 0.6) is 0 Å². The van der Waals surface area contributed by atoms with Crippen molar-refractivity contribution in [2.24, 2.45) is 0 Å². The fourth-order valence-corrected chi connectivity index (χ4v) is 0.837. The Morgan fingerprint density at radius 1 is 1.35 bits per heavy atom. The zero-order chi connectivity index (χ0) is 13.7. The second-order valence-corrected chi connectivity index (χ2v) is 4.69. The van der Waals surface area contributed by atoms with Crippen molar-refractivity contribution >= 4 is 13.1 Å². The van der Waals surface area contributed by atoms with Gasteiger partial charge in [-0.1, -0.05) is 0 Å². The molecule has 0 aliphatic carbocycles. The minimum absolute atomic E-state index is 0.273. The van der Waals surface area contributed by atoms with Crippen LogP contribution in [-0.2, 0) is 14.2 Å². The van der Waals surface area contributed by atoms with Crippen molar-refractivity contribution in [3.05, 3.63) is 12.1 Å². The molecule has 98 valence electrons. The van der Waals surface area contributed by atoms with E-state index in [1.54, 1.807) is 34.6 Å². The molecule has 0 aromatic rings. The van der Waals surface area contributed by atoms with Crippen LogP contribution in [0.1, 0.15) is 34.6 Å². The Morgan fingerprint density at radius 3 is 2.29 bits per heavy atom. The highest BCUT2D eigenvalue weighted by atomic mass is 16.5. The second kappa shape index (κ2) is 6.19. The third-order valence-corrected chi connectivity index (χ3v) is 2.57. The van der Waals surface area contributed by atoms with Crippen molar-refractivity contribution < 1.29 is 24.3 Å². The molecule has 0 fully saturated rings. The van der Waals surface area contributed by atoms with E-state index in [2.05, 4.69) is 4.74 Å². The van der Waals surface area contributed by atoms with Crippen LogP contribution >= 0.6 is 0 Å². The molecule has 0 spiro atoms. The maximum absolute atomic E-state index is 11.0. The zero-order valence-electron chi connectivity index (χ0n) is 11.1. The minimum atomic E-state index is -1.28. The van der Waals surface area contributed by atoms with Gasteiger partial charge in [-0.3, -0.25) is 0 Å². The van der Waals surface area contributed by atoms with E-state index < -0.39 is 24.3 Å². The fraction of sp³-hybridized carbons (Fsp3) is 0.727. The highest BCUT2D eigenvalue weighted by Crippen LogP contribution is 2.25. The van der Waals surface area contributed by atoms with Gasteiger partial charge in [0.05, 0.1) is 17.8 Å². The molecule has 0 saturated carbocycles. The Bertz CT molecular complexity index is 280. The quantitative estimate of drug-likeness (QED) is 0.408. The molecule has 0 aromatic carbocycles. The first-order chi connectivity index (χ1) is 7.60. The summed E-state index contributed by atoms with van der Waals surface area (Å²) in [6.07, 6.45) is 1.09. The molecule has 0 heterocycles. The number of hydrogen-bond acceptors (Lipinski definition) is 5. The number of ether oxygens (including phenoxy) is 1. The average Bonchev–Trinajstić information content (AvgIpc) is 2.12. The molecule has 0 bridgehead atoms. The minimum Gasteiger partial charge on any atom is -0.463 e. The Balaban J connectivity index is 4.37. The summed E-state index contributed by atoms with van der Waals surface area (Å²) in [5, 5.41) is 19.3. The normalized spacial score (nSPS) is 12.9. The van der Waals surface area contributed by atoms with Gasteiger partial charge < -0.3 is 19.5 Å². The summed E-state index contributed by atoms with van der Waals surface area (Å²) < 4.78 is 9.89. The average molecular weight is 244 g/mol. The molecule has 0 atom stereocenters. The van der Waals surface area contributed by atoms with Gasteiger partial charge in [0.2, 0.25) is 0 Å². The molecular formula is C11H21BO5. The first-order valence-corrected chi connectivity index (χ1v) is 5.53. The van der Waals surface area contributed by atoms with E-state index in [-0.39, 0.29) is 6.61 Å². The van der Waals surface area contributed by atoms with Gasteiger partial charge in [0, 0.05) is 6.08 Å². The summed E-state index contributed by atoms with van der Waals surface area (Å²) in [5.41, 5.74) is -2.07. The number of esters is 1. The van der Waals surface area contributed by atoms with Crippen molar-refractivity contribution in [1.82, 2.24) is 0 Å². The van der Waals surface area contributed by atoms with E-state index in [4.69, 9.17) is 4.65 Å². The lowest BCUT2D eigenvalue weighted by Crippen LogP contribution is -2.50. The molecule has 5 nitrogen and oxygen atoms in total. The summed E-state index contributed by atoms with van der Waals surface area (Å²) >= 11 is 0. The van der Waals surface area contributed by atoms with Gasteiger partial charge in [0.1, 0.15) is 0 Å². The van der Waals surface area contributed by atoms with Gasteiger partial charge in [-0.15, -0.1) is 0 Å². The lowest BCUT2D eigenvalue weighted by molar-refractivity contribution is -0.137. The van der Waals surface area contributed by atoms with Crippen LogP contribution in [0.15, 0.2) is 12.1 Å². The number of carbonyl (C=O) groups is 1. The van der Waals surface area contributed by atoms with E-state index in [1.165, 1.54) is 5.98 Å². The Kier molecular flexibility index (Phi) is 5.88. The molecule has 0 radical (unpaired) electrons. The Hall–Kier alpha value is -0.845. The monoisotopic (exact) mass is 244 g/mol. The Morgan fingerprint density at radius 2 is 1.88 bits per heavy atom. The van der Waals surface area contributed by atoms with Gasteiger partial charge >= 0.3 is 13.1 Å². The first-order valence-electron chi connectivity index (χ1n) is 5.53. The van der Waals surface area contributed by atoms with Gasteiger partial charge in [-0.2, -0.15) is 0 Å². The molecular weight excluding hydrogens is 223 g/mol. The highest BCUT2D eigenvalue weighted by Gasteiger charge is 2.38. The fourth-order valence-electron chi connectivity index (χ4n) is 0.837. The molecule has 0 saturated heterocycles. The van der Waals surface area contributed by atoms with Gasteiger partial charge in [0.25, 0.3) is 0 Å². The van der Waals surface area contributed by atoms with Crippen molar-refractivity contribution in [2.75, 3.05) is 6.61 Å². The predicted molar refractivity (Wildman–Crippen MR) is 65.2 cm³/mol. The van der Waals surface area contributed by atoms with Crippen LogP contribution < -0.4 is 0 Å². The van der Waals surface area contributed by atoms with E-state index in [0.29, 0.717) is 0 Å². The lowest BCUT2D eigenvalue weighted by Gasteiger charge is -2.38. The SMILES string of the molecule is CCOC(=O)/C=C/B(O)OC(C)(C)C(C)(C)O. The van der Waals surface area contributed by atoms with Crippen LogP contribution in [0.2, 0.25) is 0 Å². The molecule has 0 unspecified atom stereocenters. The third kappa shape index (κ3) is 5.86. The van der Waals surface area contributed by atoms with E-state index in [9.17, 15) is 14.9 Å². The van der Waals surface area contributed by atoms with Crippen molar-refractivity contribution in [3.63, 3.8) is 0 Å². The van der Waals surface area contributed by atoms with E-state index in [0.717, 1.165) is 6.08 Å². The van der Waals surface area contributed by atoms with Crippen LogP contribution in [0.25, 0.3) is 0 Å². The second-order valence-electron chi connectivity index (χ2n) is 4.69. The van der Waals surface area contributed by atoms with Crippen LogP contribution in [-0.4, -0.2) is 41.0 Å².